The average molecular weight is 396 g/mol. The zero-order valence-corrected chi connectivity index (χ0v) is 15.7. The number of ketones is 1. The van der Waals surface area contributed by atoms with Crippen LogP contribution in [0.25, 0.3) is 0 Å². The Kier molecular flexibility index (Phi) is 5.20. The van der Waals surface area contributed by atoms with Crippen molar-refractivity contribution in [3.8, 4) is 0 Å². The highest BCUT2D eigenvalue weighted by Crippen LogP contribution is 2.39. The largest absolute Gasteiger partial charge is 0.446 e. The van der Waals surface area contributed by atoms with Crippen LogP contribution in [0.15, 0.2) is 40.0 Å². The first-order valence-corrected chi connectivity index (χ1v) is 9.36. The summed E-state index contributed by atoms with van der Waals surface area (Å²) in [4.78, 5) is 31.5. The van der Waals surface area contributed by atoms with Crippen LogP contribution in [0.2, 0.25) is 0 Å². The molecule has 4 nitrogen and oxygen atoms in total. The monoisotopic (exact) mass is 396 g/mol. The lowest BCUT2D eigenvalue weighted by atomic mass is 9.80. The van der Waals surface area contributed by atoms with E-state index in [0.717, 1.165) is 18.4 Å². The lowest BCUT2D eigenvalue weighted by Gasteiger charge is -2.24. The van der Waals surface area contributed by atoms with Crippen LogP contribution in [0.5, 0.6) is 0 Å². The molecule has 0 unspecified atom stereocenters. The number of nitrogens with one attached hydrogen (secondary N) is 1. The van der Waals surface area contributed by atoms with Crippen LogP contribution < -0.4 is 5.56 Å². The molecule has 0 atom stereocenters. The van der Waals surface area contributed by atoms with Crippen molar-refractivity contribution in [3.05, 3.63) is 57.8 Å². The SMILES string of the molecule is CC(C)(CC(=O)c1cc(=O)[nH]c(C2CC2)n1)c1ccc(SC(F)(F)F)cc1. The first kappa shape index (κ1) is 19.7. The maximum absolute atomic E-state index is 12.7. The highest BCUT2D eigenvalue weighted by atomic mass is 32.2. The molecule has 144 valence electrons. The topological polar surface area (TPSA) is 62.8 Å². The molecule has 2 aromatic rings. The van der Waals surface area contributed by atoms with Crippen molar-refractivity contribution < 1.29 is 18.0 Å². The van der Waals surface area contributed by atoms with Gasteiger partial charge in [-0.15, -0.1) is 0 Å². The number of benzene rings is 1. The third kappa shape index (κ3) is 5.22. The predicted octanol–water partition coefficient (Wildman–Crippen LogP) is 4.81. The van der Waals surface area contributed by atoms with Crippen molar-refractivity contribution in [1.82, 2.24) is 9.97 Å². The van der Waals surface area contributed by atoms with Crippen molar-refractivity contribution in [3.63, 3.8) is 0 Å². The summed E-state index contributed by atoms with van der Waals surface area (Å²) in [5.41, 5.74) is -4.41. The lowest BCUT2D eigenvalue weighted by Crippen LogP contribution is -2.24. The number of carbonyl (C=O) groups excluding carboxylic acids is 1. The molecule has 0 radical (unpaired) electrons. The second-order valence-electron chi connectivity index (χ2n) is 7.35. The number of nitrogens with zero attached hydrogens (tertiary/aromatic N) is 1. The van der Waals surface area contributed by atoms with E-state index in [9.17, 15) is 22.8 Å². The van der Waals surface area contributed by atoms with E-state index in [1.807, 2.05) is 13.8 Å². The van der Waals surface area contributed by atoms with Crippen LogP contribution in [0.1, 0.15) is 60.9 Å². The fraction of sp³-hybridized carbons (Fsp3) is 0.421. The van der Waals surface area contributed by atoms with Gasteiger partial charge in [-0.05, 0) is 47.7 Å². The molecule has 1 aromatic carbocycles. The Bertz CT molecular complexity index is 900. The Balaban J connectivity index is 1.75. The van der Waals surface area contributed by atoms with Gasteiger partial charge in [0, 0.05) is 23.3 Å². The van der Waals surface area contributed by atoms with E-state index in [4.69, 9.17) is 0 Å². The summed E-state index contributed by atoms with van der Waals surface area (Å²) in [5.74, 6) is 0.510. The van der Waals surface area contributed by atoms with E-state index in [2.05, 4.69) is 9.97 Å². The first-order chi connectivity index (χ1) is 12.5. The summed E-state index contributed by atoms with van der Waals surface area (Å²) >= 11 is -0.173. The van der Waals surface area contributed by atoms with Gasteiger partial charge in [0.15, 0.2) is 5.78 Å². The summed E-state index contributed by atoms with van der Waals surface area (Å²) in [6.07, 6.45) is 2.00. The molecule has 1 aromatic heterocycles. The molecule has 0 bridgehead atoms. The minimum absolute atomic E-state index is 0.0960. The van der Waals surface area contributed by atoms with E-state index in [0.29, 0.717) is 5.82 Å². The Morgan fingerprint density at radius 1 is 1.22 bits per heavy atom. The van der Waals surface area contributed by atoms with Gasteiger partial charge < -0.3 is 4.98 Å². The Hall–Kier alpha value is -2.09. The van der Waals surface area contributed by atoms with Crippen LogP contribution in [0.3, 0.4) is 0 Å². The van der Waals surface area contributed by atoms with Crippen LogP contribution in [0, 0.1) is 0 Å². The third-order valence-electron chi connectivity index (χ3n) is 4.48. The molecule has 1 saturated carbocycles. The summed E-state index contributed by atoms with van der Waals surface area (Å²) in [6.45, 7) is 3.68. The number of halogens is 3. The number of aromatic amines is 1. The molecule has 0 amide bonds. The number of thioether (sulfide) groups is 1. The molecule has 1 fully saturated rings. The summed E-state index contributed by atoms with van der Waals surface area (Å²) in [7, 11) is 0. The van der Waals surface area contributed by atoms with Gasteiger partial charge in [0.1, 0.15) is 11.5 Å². The number of H-pyrrole nitrogens is 1. The van der Waals surface area contributed by atoms with Crippen molar-refractivity contribution in [2.75, 3.05) is 0 Å². The van der Waals surface area contributed by atoms with Gasteiger partial charge in [-0.2, -0.15) is 13.2 Å². The maximum atomic E-state index is 12.7. The van der Waals surface area contributed by atoms with Crippen LogP contribution in [-0.2, 0) is 5.41 Å². The molecule has 3 rings (SSSR count). The summed E-state index contributed by atoms with van der Waals surface area (Å²) in [5, 5.41) is 0. The highest BCUT2D eigenvalue weighted by Gasteiger charge is 2.31. The Labute approximate surface area is 158 Å². The van der Waals surface area contributed by atoms with Crippen LogP contribution >= 0.6 is 11.8 Å². The highest BCUT2D eigenvalue weighted by molar-refractivity contribution is 8.00. The van der Waals surface area contributed by atoms with Crippen LogP contribution in [-0.4, -0.2) is 21.3 Å². The van der Waals surface area contributed by atoms with E-state index < -0.39 is 10.9 Å². The van der Waals surface area contributed by atoms with E-state index in [1.54, 1.807) is 12.1 Å². The van der Waals surface area contributed by atoms with Gasteiger partial charge in [-0.25, -0.2) is 4.98 Å². The van der Waals surface area contributed by atoms with Gasteiger partial charge in [0.25, 0.3) is 5.56 Å². The summed E-state index contributed by atoms with van der Waals surface area (Å²) in [6, 6.07) is 7.20. The minimum Gasteiger partial charge on any atom is -0.310 e. The van der Waals surface area contributed by atoms with Crippen molar-refractivity contribution in [2.24, 2.45) is 0 Å². The van der Waals surface area contributed by atoms with Crippen molar-refractivity contribution in [1.29, 1.82) is 0 Å². The number of hydrogen-bond donors (Lipinski definition) is 1. The van der Waals surface area contributed by atoms with Crippen molar-refractivity contribution in [2.45, 2.75) is 54.8 Å². The number of Topliss-reactive ketones (excluding diaryl/α,β-unsaturated/α-hetero) is 1. The zero-order chi connectivity index (χ0) is 19.8. The number of carbonyl (C=O) groups is 1. The van der Waals surface area contributed by atoms with Gasteiger partial charge in [-0.3, -0.25) is 9.59 Å². The second-order valence-corrected chi connectivity index (χ2v) is 8.48. The molecule has 1 N–H and O–H groups in total. The zero-order valence-electron chi connectivity index (χ0n) is 14.9. The van der Waals surface area contributed by atoms with E-state index >= 15 is 0 Å². The quantitative estimate of drug-likeness (QED) is 0.562. The van der Waals surface area contributed by atoms with Crippen LogP contribution in [0.4, 0.5) is 13.2 Å². The molecule has 0 spiro atoms. The van der Waals surface area contributed by atoms with Gasteiger partial charge in [0.2, 0.25) is 0 Å². The molecule has 27 heavy (non-hydrogen) atoms. The van der Waals surface area contributed by atoms with E-state index in [-0.39, 0.29) is 46.0 Å². The fourth-order valence-electron chi connectivity index (χ4n) is 2.87. The smallest absolute Gasteiger partial charge is 0.310 e. The minimum atomic E-state index is -4.34. The molecular formula is C19H19F3N2O2S. The molecular weight excluding hydrogens is 377 g/mol. The second kappa shape index (κ2) is 7.14. The number of hydrogen-bond acceptors (Lipinski definition) is 4. The Morgan fingerprint density at radius 3 is 2.41 bits per heavy atom. The molecule has 0 saturated heterocycles. The summed E-state index contributed by atoms with van der Waals surface area (Å²) < 4.78 is 37.3. The molecule has 8 heteroatoms. The number of alkyl halides is 3. The third-order valence-corrected chi connectivity index (χ3v) is 5.22. The van der Waals surface area contributed by atoms with Crippen molar-refractivity contribution >= 4 is 17.5 Å². The maximum Gasteiger partial charge on any atom is 0.446 e. The molecule has 0 aliphatic heterocycles. The number of aromatic nitrogens is 2. The van der Waals surface area contributed by atoms with Gasteiger partial charge in [0.05, 0.1) is 0 Å². The average Bonchev–Trinajstić information content (AvgIpc) is 3.37. The lowest BCUT2D eigenvalue weighted by molar-refractivity contribution is -0.0328. The molecule has 1 aliphatic rings. The van der Waals surface area contributed by atoms with Gasteiger partial charge >= 0.3 is 5.51 Å². The molecule has 1 heterocycles. The van der Waals surface area contributed by atoms with E-state index in [1.165, 1.54) is 18.2 Å². The van der Waals surface area contributed by atoms with Gasteiger partial charge in [-0.1, -0.05) is 26.0 Å². The first-order valence-electron chi connectivity index (χ1n) is 8.54. The Morgan fingerprint density at radius 2 is 1.85 bits per heavy atom. The number of rotatable bonds is 6. The normalized spacial score (nSPS) is 15.0. The fourth-order valence-corrected chi connectivity index (χ4v) is 3.41. The molecule has 1 aliphatic carbocycles. The predicted molar refractivity (Wildman–Crippen MR) is 97.2 cm³/mol. The standard InChI is InChI=1S/C19H19F3N2O2S/c1-18(2,12-5-7-13(8-6-12)27-19(20,21)22)10-15(25)14-9-16(26)24-17(23-14)11-3-4-11/h5-9,11H,3-4,10H2,1-2H3,(H,23,24,26).